The Morgan fingerprint density at radius 3 is 2.09 bits per heavy atom. The van der Waals surface area contributed by atoms with Crippen molar-refractivity contribution >= 4 is 35.2 Å². The smallest absolute Gasteiger partial charge is 0.306 e. The highest BCUT2D eigenvalue weighted by Gasteiger charge is 2.50. The fourth-order valence-corrected chi connectivity index (χ4v) is 7.47. The number of aliphatic hydroxyl groups excluding tert-OH is 2. The molecule has 2 aliphatic heterocycles. The van der Waals surface area contributed by atoms with Crippen LogP contribution in [0.3, 0.4) is 0 Å². The standard InChI is InChI=1S/C33H61ClN2O6S/c1-6-8-9-10-11-12-13-14-15-16-17-18-20-26(37)41-31-29(39)28(38)30(42-33(31)43-5)27(23(3)34)35-32(40)25-21-24(19-7-2)22-36(25)4/h23-25,27-31,33,38-39H,6-22H2,1-5H3,(H,35,40)/t23-,24+,25-,27+,28+,29-,30+,31+,33+/m0/s1. The Hall–Kier alpha value is -0.580. The number of nitrogens with zero attached hydrogens (tertiary/aromatic N) is 1. The summed E-state index contributed by atoms with van der Waals surface area (Å²) in [5.41, 5.74) is -0.702. The van der Waals surface area contributed by atoms with Crippen LogP contribution in [0.2, 0.25) is 0 Å². The predicted molar refractivity (Wildman–Crippen MR) is 176 cm³/mol. The lowest BCUT2D eigenvalue weighted by Crippen LogP contribution is -2.65. The Labute approximate surface area is 270 Å². The molecular formula is C33H61ClN2O6S. The lowest BCUT2D eigenvalue weighted by molar-refractivity contribution is -0.218. The maximum Gasteiger partial charge on any atom is 0.306 e. The molecule has 43 heavy (non-hydrogen) atoms. The summed E-state index contributed by atoms with van der Waals surface area (Å²) in [6, 6.07) is -1.00. The number of alkyl halides is 1. The summed E-state index contributed by atoms with van der Waals surface area (Å²) in [6.45, 7) is 7.00. The van der Waals surface area contributed by atoms with Crippen LogP contribution in [0.25, 0.3) is 0 Å². The molecule has 2 fully saturated rings. The summed E-state index contributed by atoms with van der Waals surface area (Å²) in [5, 5.41) is 24.6. The van der Waals surface area contributed by atoms with Gasteiger partial charge in [0, 0.05) is 13.0 Å². The number of nitrogens with one attached hydrogen (secondary N) is 1. The average Bonchev–Trinajstić information content (AvgIpc) is 3.35. The minimum atomic E-state index is -1.38. The van der Waals surface area contributed by atoms with Crippen molar-refractivity contribution in [3.63, 3.8) is 0 Å². The molecule has 0 aromatic heterocycles. The average molecular weight is 649 g/mol. The van der Waals surface area contributed by atoms with Gasteiger partial charge in [-0.1, -0.05) is 90.9 Å². The molecule has 8 nitrogen and oxygen atoms in total. The highest BCUT2D eigenvalue weighted by atomic mass is 35.5. The number of carbonyl (C=O) groups is 2. The van der Waals surface area contributed by atoms with Crippen LogP contribution in [0.15, 0.2) is 0 Å². The van der Waals surface area contributed by atoms with Gasteiger partial charge in [-0.15, -0.1) is 23.4 Å². The molecule has 0 spiro atoms. The molecule has 0 aromatic carbocycles. The number of hydrogen-bond donors (Lipinski definition) is 3. The first-order valence-corrected chi connectivity index (χ1v) is 18.7. The van der Waals surface area contributed by atoms with Gasteiger partial charge in [0.15, 0.2) is 6.10 Å². The molecular weight excluding hydrogens is 588 g/mol. The van der Waals surface area contributed by atoms with Gasteiger partial charge in [-0.3, -0.25) is 14.5 Å². The van der Waals surface area contributed by atoms with Gasteiger partial charge in [-0.2, -0.15) is 0 Å². The van der Waals surface area contributed by atoms with Crippen LogP contribution in [-0.4, -0.2) is 94.2 Å². The highest BCUT2D eigenvalue weighted by Crippen LogP contribution is 2.33. The van der Waals surface area contributed by atoms with Gasteiger partial charge in [0.25, 0.3) is 0 Å². The van der Waals surface area contributed by atoms with Gasteiger partial charge in [0.2, 0.25) is 5.91 Å². The molecule has 0 unspecified atom stereocenters. The summed E-state index contributed by atoms with van der Waals surface area (Å²) < 4.78 is 11.8. The Bertz CT molecular complexity index is 790. The van der Waals surface area contributed by atoms with Crippen LogP contribution >= 0.6 is 23.4 Å². The van der Waals surface area contributed by atoms with E-state index in [1.807, 2.05) is 7.05 Å². The van der Waals surface area contributed by atoms with Crippen LogP contribution in [0.5, 0.6) is 0 Å². The quantitative estimate of drug-likeness (QED) is 0.0787. The number of esters is 1. The zero-order chi connectivity index (χ0) is 31.8. The second-order valence-electron chi connectivity index (χ2n) is 12.8. The molecule has 1 amide bonds. The van der Waals surface area contributed by atoms with Crippen molar-refractivity contribution in [2.24, 2.45) is 5.92 Å². The largest absolute Gasteiger partial charge is 0.456 e. The third-order valence-corrected chi connectivity index (χ3v) is 10.2. The number of aliphatic hydroxyl groups is 2. The van der Waals surface area contributed by atoms with Gasteiger partial charge < -0.3 is 25.0 Å². The zero-order valence-electron chi connectivity index (χ0n) is 27.5. The number of ether oxygens (including phenoxy) is 2. The van der Waals surface area contributed by atoms with Gasteiger partial charge in [0.1, 0.15) is 23.7 Å². The minimum Gasteiger partial charge on any atom is -0.456 e. The molecule has 0 aliphatic carbocycles. The van der Waals surface area contributed by atoms with Gasteiger partial charge >= 0.3 is 5.97 Å². The van der Waals surface area contributed by atoms with Crippen molar-refractivity contribution in [2.75, 3.05) is 19.8 Å². The van der Waals surface area contributed by atoms with E-state index in [4.69, 9.17) is 21.1 Å². The van der Waals surface area contributed by atoms with Crippen LogP contribution in [0.4, 0.5) is 0 Å². The van der Waals surface area contributed by atoms with Gasteiger partial charge in [-0.05, 0) is 45.4 Å². The van der Waals surface area contributed by atoms with E-state index in [9.17, 15) is 19.8 Å². The summed E-state index contributed by atoms with van der Waals surface area (Å²) in [6.07, 6.45) is 14.8. The van der Waals surface area contributed by atoms with Gasteiger partial charge in [0.05, 0.1) is 17.5 Å². The predicted octanol–water partition coefficient (Wildman–Crippen LogP) is 6.03. The SMILES string of the molecule is CCCCCCCCCCCCCCC(=O)O[C@@H]1[C@@H](O)[C@@H](O)[C@@H]([C@H](NC(=O)[C@@H]2C[C@@H](CCC)CN2C)[C@H](C)Cl)O[C@@H]1SC. The molecule has 0 saturated carbocycles. The van der Waals surface area contributed by atoms with E-state index in [2.05, 4.69) is 24.1 Å². The van der Waals surface area contributed by atoms with E-state index in [0.717, 1.165) is 45.1 Å². The zero-order valence-corrected chi connectivity index (χ0v) is 29.1. The Kier molecular flexibility index (Phi) is 19.1. The van der Waals surface area contributed by atoms with E-state index in [-0.39, 0.29) is 18.4 Å². The van der Waals surface area contributed by atoms with E-state index >= 15 is 0 Å². The first kappa shape index (κ1) is 38.6. The molecule has 2 aliphatic rings. The second kappa shape index (κ2) is 21.3. The molecule has 0 bridgehead atoms. The lowest BCUT2D eigenvalue weighted by Gasteiger charge is -2.45. The highest BCUT2D eigenvalue weighted by molar-refractivity contribution is 7.99. The summed E-state index contributed by atoms with van der Waals surface area (Å²) in [7, 11) is 1.95. The fourth-order valence-electron chi connectivity index (χ4n) is 6.54. The van der Waals surface area contributed by atoms with Crippen molar-refractivity contribution in [3.05, 3.63) is 0 Å². The van der Waals surface area contributed by atoms with E-state index in [0.29, 0.717) is 5.92 Å². The van der Waals surface area contributed by atoms with E-state index < -0.39 is 47.2 Å². The molecule has 2 saturated heterocycles. The van der Waals surface area contributed by atoms with Crippen LogP contribution in [0.1, 0.15) is 124 Å². The monoisotopic (exact) mass is 648 g/mol. The van der Waals surface area contributed by atoms with Crippen molar-refractivity contribution in [3.8, 4) is 0 Å². The molecule has 10 heteroatoms. The topological polar surface area (TPSA) is 108 Å². The maximum atomic E-state index is 13.3. The third-order valence-electron chi connectivity index (χ3n) is 9.11. The first-order chi connectivity index (χ1) is 20.6. The van der Waals surface area contributed by atoms with E-state index in [1.54, 1.807) is 13.2 Å². The molecule has 3 N–H and O–H groups in total. The van der Waals surface area contributed by atoms with Crippen molar-refractivity contribution in [1.82, 2.24) is 10.2 Å². The number of likely N-dealkylation sites (N-methyl/N-ethyl adjacent to an activating group) is 1. The van der Waals surface area contributed by atoms with Crippen LogP contribution in [-0.2, 0) is 19.1 Å². The fraction of sp³-hybridized carbons (Fsp3) is 0.939. The molecule has 0 aromatic rings. The Balaban J connectivity index is 1.79. The number of hydrogen-bond acceptors (Lipinski definition) is 8. The summed E-state index contributed by atoms with van der Waals surface area (Å²) in [5.74, 6) is -0.0753. The number of halogens is 1. The number of carbonyl (C=O) groups excluding carboxylic acids is 2. The number of unbranched alkanes of at least 4 members (excludes halogenated alkanes) is 11. The number of thioether (sulfide) groups is 1. The van der Waals surface area contributed by atoms with Gasteiger partial charge in [-0.25, -0.2) is 0 Å². The number of likely N-dealkylation sites (tertiary alicyclic amines) is 1. The van der Waals surface area contributed by atoms with Crippen LogP contribution < -0.4 is 5.32 Å². The molecule has 0 radical (unpaired) electrons. The summed E-state index contributed by atoms with van der Waals surface area (Å²) >= 11 is 7.81. The van der Waals surface area contributed by atoms with Crippen molar-refractivity contribution in [2.45, 2.75) is 171 Å². The van der Waals surface area contributed by atoms with E-state index in [1.165, 1.54) is 69.5 Å². The van der Waals surface area contributed by atoms with Crippen molar-refractivity contribution < 1.29 is 29.3 Å². The molecule has 2 heterocycles. The normalized spacial score (nSPS) is 29.3. The molecule has 2 rings (SSSR count). The Morgan fingerprint density at radius 2 is 1.56 bits per heavy atom. The Morgan fingerprint density at radius 1 is 0.977 bits per heavy atom. The number of amides is 1. The second-order valence-corrected chi connectivity index (χ2v) is 14.5. The third kappa shape index (κ3) is 13.0. The first-order valence-electron chi connectivity index (χ1n) is 17.0. The van der Waals surface area contributed by atoms with Crippen LogP contribution in [0, 0.1) is 5.92 Å². The molecule has 9 atom stereocenters. The van der Waals surface area contributed by atoms with Crippen molar-refractivity contribution in [1.29, 1.82) is 0 Å². The number of rotatable bonds is 21. The lowest BCUT2D eigenvalue weighted by atomic mass is 9.92. The minimum absolute atomic E-state index is 0.152. The maximum absolute atomic E-state index is 13.3. The molecule has 252 valence electrons. The summed E-state index contributed by atoms with van der Waals surface area (Å²) in [4.78, 5) is 28.0.